The Morgan fingerprint density at radius 1 is 1.21 bits per heavy atom. The molecule has 3 aromatic rings. The molecule has 0 spiro atoms. The number of hydrogen-bond acceptors (Lipinski definition) is 7. The molecular formula is C19H12N4O6. The number of nitriles is 1. The van der Waals surface area contributed by atoms with Crippen LogP contribution in [0.4, 0.5) is 11.4 Å². The van der Waals surface area contributed by atoms with Crippen LogP contribution in [0.15, 0.2) is 53.3 Å². The number of anilines is 1. The van der Waals surface area contributed by atoms with Crippen LogP contribution in [-0.4, -0.2) is 28.4 Å². The highest BCUT2D eigenvalue weighted by Crippen LogP contribution is 2.21. The summed E-state index contributed by atoms with van der Waals surface area (Å²) >= 11 is 0. The van der Waals surface area contributed by atoms with Gasteiger partial charge in [0.2, 0.25) is 0 Å². The monoisotopic (exact) mass is 392 g/mol. The minimum atomic E-state index is -0.910. The zero-order chi connectivity index (χ0) is 21.0. The SMILES string of the molecule is N#Cc1cc([N+](=O)[O-])ccc1NC(=O)COC(=O)c1cc(=O)c2ccccc2[nH]1. The van der Waals surface area contributed by atoms with E-state index in [1.165, 1.54) is 6.07 Å². The number of aromatic nitrogens is 1. The first kappa shape index (κ1) is 19.2. The molecule has 0 saturated carbocycles. The van der Waals surface area contributed by atoms with Crippen molar-refractivity contribution in [2.45, 2.75) is 0 Å². The van der Waals surface area contributed by atoms with Crippen molar-refractivity contribution in [1.82, 2.24) is 4.98 Å². The van der Waals surface area contributed by atoms with Crippen molar-refractivity contribution >= 4 is 34.2 Å². The summed E-state index contributed by atoms with van der Waals surface area (Å²) in [5.74, 6) is -1.67. The first-order valence-corrected chi connectivity index (χ1v) is 8.16. The number of hydrogen-bond donors (Lipinski definition) is 2. The molecule has 10 heteroatoms. The summed E-state index contributed by atoms with van der Waals surface area (Å²) in [6, 6.07) is 12.8. The average Bonchev–Trinajstić information content (AvgIpc) is 2.72. The number of carbonyl (C=O) groups is 2. The van der Waals surface area contributed by atoms with Gasteiger partial charge in [0.25, 0.3) is 11.6 Å². The molecule has 1 amide bonds. The molecule has 144 valence electrons. The molecule has 2 N–H and O–H groups in total. The van der Waals surface area contributed by atoms with Crippen LogP contribution >= 0.6 is 0 Å². The van der Waals surface area contributed by atoms with E-state index < -0.39 is 23.4 Å². The number of rotatable bonds is 5. The Kier molecular flexibility index (Phi) is 5.32. The van der Waals surface area contributed by atoms with Crippen molar-refractivity contribution < 1.29 is 19.2 Å². The van der Waals surface area contributed by atoms with Crippen molar-refractivity contribution in [2.75, 3.05) is 11.9 Å². The zero-order valence-corrected chi connectivity index (χ0v) is 14.7. The number of ether oxygens (including phenoxy) is 1. The zero-order valence-electron chi connectivity index (χ0n) is 14.7. The van der Waals surface area contributed by atoms with Crippen molar-refractivity contribution in [1.29, 1.82) is 5.26 Å². The van der Waals surface area contributed by atoms with E-state index in [0.717, 1.165) is 18.2 Å². The van der Waals surface area contributed by atoms with Crippen molar-refractivity contribution in [2.24, 2.45) is 0 Å². The maximum absolute atomic E-state index is 12.1. The van der Waals surface area contributed by atoms with Gasteiger partial charge in [-0.15, -0.1) is 0 Å². The van der Waals surface area contributed by atoms with E-state index >= 15 is 0 Å². The third kappa shape index (κ3) is 4.25. The highest BCUT2D eigenvalue weighted by atomic mass is 16.6. The van der Waals surface area contributed by atoms with Gasteiger partial charge in [0, 0.05) is 29.1 Å². The second-order valence-corrected chi connectivity index (χ2v) is 5.82. The predicted molar refractivity (Wildman–Crippen MR) is 101 cm³/mol. The number of carbonyl (C=O) groups excluding carboxylic acids is 2. The van der Waals surface area contributed by atoms with Gasteiger partial charge in [-0.05, 0) is 18.2 Å². The molecule has 0 aliphatic carbocycles. The normalized spacial score (nSPS) is 10.2. The Hall–Kier alpha value is -4.52. The molecule has 0 aliphatic heterocycles. The number of aromatic amines is 1. The second-order valence-electron chi connectivity index (χ2n) is 5.82. The molecule has 0 unspecified atom stereocenters. The number of para-hydroxylation sites is 1. The largest absolute Gasteiger partial charge is 0.451 e. The number of H-pyrrole nitrogens is 1. The molecule has 0 aliphatic rings. The summed E-state index contributed by atoms with van der Waals surface area (Å²) in [6.07, 6.45) is 0. The minimum absolute atomic E-state index is 0.0401. The van der Waals surface area contributed by atoms with Gasteiger partial charge in [0.1, 0.15) is 11.8 Å². The van der Waals surface area contributed by atoms with Crippen LogP contribution in [0.25, 0.3) is 10.9 Å². The summed E-state index contributed by atoms with van der Waals surface area (Å²) in [5.41, 5.74) is -0.419. The molecular weight excluding hydrogens is 380 g/mol. The van der Waals surface area contributed by atoms with Crippen molar-refractivity contribution in [3.63, 3.8) is 0 Å². The number of non-ortho nitro benzene ring substituents is 1. The molecule has 0 atom stereocenters. The van der Waals surface area contributed by atoms with Gasteiger partial charge in [-0.25, -0.2) is 4.79 Å². The first-order valence-electron chi connectivity index (χ1n) is 8.16. The van der Waals surface area contributed by atoms with Crippen molar-refractivity contribution in [3.05, 3.63) is 80.1 Å². The summed E-state index contributed by atoms with van der Waals surface area (Å²) in [6.45, 7) is -0.685. The number of nitro benzene ring substituents is 1. The lowest BCUT2D eigenvalue weighted by Gasteiger charge is -2.08. The van der Waals surface area contributed by atoms with E-state index in [2.05, 4.69) is 10.3 Å². The van der Waals surface area contributed by atoms with E-state index in [1.54, 1.807) is 30.3 Å². The third-order valence-corrected chi connectivity index (χ3v) is 3.90. The third-order valence-electron chi connectivity index (χ3n) is 3.90. The van der Waals surface area contributed by atoms with Crippen LogP contribution in [0.2, 0.25) is 0 Å². The number of amides is 1. The fourth-order valence-corrected chi connectivity index (χ4v) is 2.55. The van der Waals surface area contributed by atoms with Crippen LogP contribution < -0.4 is 10.7 Å². The van der Waals surface area contributed by atoms with E-state index in [0.29, 0.717) is 10.9 Å². The molecule has 0 saturated heterocycles. The Balaban J connectivity index is 1.68. The number of pyridine rings is 1. The number of benzene rings is 2. The fraction of sp³-hybridized carbons (Fsp3) is 0.0526. The Bertz CT molecular complexity index is 1240. The van der Waals surface area contributed by atoms with Crippen LogP contribution in [0.1, 0.15) is 16.1 Å². The molecule has 1 aromatic heterocycles. The quantitative estimate of drug-likeness (QED) is 0.382. The molecule has 10 nitrogen and oxygen atoms in total. The Morgan fingerprint density at radius 2 is 1.97 bits per heavy atom. The summed E-state index contributed by atoms with van der Waals surface area (Å²) in [4.78, 5) is 49.0. The molecule has 0 radical (unpaired) electrons. The maximum Gasteiger partial charge on any atom is 0.355 e. The molecule has 0 fully saturated rings. The smallest absolute Gasteiger partial charge is 0.355 e. The van der Waals surface area contributed by atoms with Crippen LogP contribution in [-0.2, 0) is 9.53 Å². The van der Waals surface area contributed by atoms with Crippen LogP contribution in [0.3, 0.4) is 0 Å². The van der Waals surface area contributed by atoms with Gasteiger partial charge in [-0.1, -0.05) is 12.1 Å². The van der Waals surface area contributed by atoms with Gasteiger partial charge in [0.05, 0.1) is 16.2 Å². The average molecular weight is 392 g/mol. The molecule has 1 heterocycles. The van der Waals surface area contributed by atoms with E-state index in [1.807, 2.05) is 0 Å². The Labute approximate surface area is 162 Å². The lowest BCUT2D eigenvalue weighted by molar-refractivity contribution is -0.384. The second kappa shape index (κ2) is 8.01. The maximum atomic E-state index is 12.1. The highest BCUT2D eigenvalue weighted by molar-refractivity contribution is 5.96. The molecule has 29 heavy (non-hydrogen) atoms. The number of nitrogens with one attached hydrogen (secondary N) is 2. The van der Waals surface area contributed by atoms with Crippen molar-refractivity contribution in [3.8, 4) is 6.07 Å². The minimum Gasteiger partial charge on any atom is -0.451 e. The van der Waals surface area contributed by atoms with E-state index in [-0.39, 0.29) is 28.1 Å². The van der Waals surface area contributed by atoms with E-state index in [9.17, 15) is 24.5 Å². The van der Waals surface area contributed by atoms with Crippen LogP contribution in [0, 0.1) is 21.4 Å². The van der Waals surface area contributed by atoms with E-state index in [4.69, 9.17) is 10.00 Å². The lowest BCUT2D eigenvalue weighted by Crippen LogP contribution is -2.22. The van der Waals surface area contributed by atoms with Gasteiger partial charge >= 0.3 is 5.97 Å². The summed E-state index contributed by atoms with van der Waals surface area (Å²) in [5, 5.41) is 22.6. The number of esters is 1. The fourth-order valence-electron chi connectivity index (χ4n) is 2.55. The molecule has 3 rings (SSSR count). The summed E-state index contributed by atoms with van der Waals surface area (Å²) < 4.78 is 4.89. The molecule has 2 aromatic carbocycles. The predicted octanol–water partition coefficient (Wildman–Crippen LogP) is 2.10. The highest BCUT2D eigenvalue weighted by Gasteiger charge is 2.16. The lowest BCUT2D eigenvalue weighted by atomic mass is 10.1. The Morgan fingerprint density at radius 3 is 2.69 bits per heavy atom. The number of nitrogens with zero attached hydrogens (tertiary/aromatic N) is 2. The van der Waals surface area contributed by atoms with Crippen LogP contribution in [0.5, 0.6) is 0 Å². The van der Waals surface area contributed by atoms with Gasteiger partial charge in [-0.2, -0.15) is 5.26 Å². The number of fused-ring (bicyclic) bond motifs is 1. The van der Waals surface area contributed by atoms with Gasteiger partial charge in [0.15, 0.2) is 12.0 Å². The topological polar surface area (TPSA) is 155 Å². The molecule has 0 bridgehead atoms. The van der Waals surface area contributed by atoms with Gasteiger partial charge < -0.3 is 15.0 Å². The number of nitro groups is 1. The van der Waals surface area contributed by atoms with Gasteiger partial charge in [-0.3, -0.25) is 19.7 Å². The standard InChI is InChI=1S/C19H12N4O6/c20-9-11-7-12(23(27)28)5-6-14(11)22-18(25)10-29-19(26)16-8-17(24)13-3-1-2-4-15(13)21-16/h1-8H,10H2,(H,21,24)(H,22,25). The first-order chi connectivity index (χ1) is 13.9. The summed E-state index contributed by atoms with van der Waals surface area (Å²) in [7, 11) is 0.